The minimum atomic E-state index is -0.809. The van der Waals surface area contributed by atoms with E-state index in [0.29, 0.717) is 38.9 Å². The van der Waals surface area contributed by atoms with Gasteiger partial charge in [0.25, 0.3) is 5.91 Å². The van der Waals surface area contributed by atoms with Crippen LogP contribution in [0.3, 0.4) is 0 Å². The van der Waals surface area contributed by atoms with Gasteiger partial charge in [-0.25, -0.2) is 0 Å². The first-order chi connectivity index (χ1) is 9.42. The maximum absolute atomic E-state index is 12.2. The number of amides is 2. The highest BCUT2D eigenvalue weighted by molar-refractivity contribution is 5.85. The minimum absolute atomic E-state index is 0.0246. The number of aliphatic hydroxyl groups is 1. The average molecular weight is 286 g/mol. The standard InChI is InChI=1S/C14H26N2O4/c1-14(2,20-3)13(19)16-8-5-11(6-9-16)12(18)15-7-4-10-17/h11,17H,4-10H2,1-3H3,(H,15,18). The number of piperidine rings is 1. The largest absolute Gasteiger partial charge is 0.396 e. The zero-order valence-corrected chi connectivity index (χ0v) is 12.6. The molecule has 6 heteroatoms. The summed E-state index contributed by atoms with van der Waals surface area (Å²) in [6, 6.07) is 0. The monoisotopic (exact) mass is 286 g/mol. The van der Waals surface area contributed by atoms with Crippen LogP contribution < -0.4 is 5.32 Å². The van der Waals surface area contributed by atoms with Crippen molar-refractivity contribution in [3.8, 4) is 0 Å². The van der Waals surface area contributed by atoms with Crippen molar-refractivity contribution in [3.05, 3.63) is 0 Å². The SMILES string of the molecule is COC(C)(C)C(=O)N1CCC(C(=O)NCCCO)CC1. The molecule has 2 amide bonds. The van der Waals surface area contributed by atoms with E-state index in [1.54, 1.807) is 18.7 Å². The molecule has 1 saturated heterocycles. The summed E-state index contributed by atoms with van der Waals surface area (Å²) in [4.78, 5) is 25.9. The van der Waals surface area contributed by atoms with Crippen molar-refractivity contribution < 1.29 is 19.4 Å². The zero-order valence-electron chi connectivity index (χ0n) is 12.6. The number of rotatable bonds is 6. The van der Waals surface area contributed by atoms with E-state index in [-0.39, 0.29) is 24.3 Å². The van der Waals surface area contributed by atoms with Crippen molar-refractivity contribution in [1.29, 1.82) is 0 Å². The van der Waals surface area contributed by atoms with E-state index in [1.165, 1.54) is 7.11 Å². The van der Waals surface area contributed by atoms with E-state index < -0.39 is 5.60 Å². The Bertz CT molecular complexity index is 336. The van der Waals surface area contributed by atoms with E-state index >= 15 is 0 Å². The summed E-state index contributed by atoms with van der Waals surface area (Å²) in [5.41, 5.74) is -0.809. The van der Waals surface area contributed by atoms with E-state index in [2.05, 4.69) is 5.32 Å². The molecule has 0 bridgehead atoms. The van der Waals surface area contributed by atoms with Crippen molar-refractivity contribution in [1.82, 2.24) is 10.2 Å². The predicted molar refractivity (Wildman–Crippen MR) is 75.1 cm³/mol. The third-order valence-corrected chi connectivity index (χ3v) is 3.81. The van der Waals surface area contributed by atoms with E-state index in [4.69, 9.17) is 9.84 Å². The normalized spacial score (nSPS) is 17.1. The molecule has 0 atom stereocenters. The lowest BCUT2D eigenvalue weighted by atomic mass is 9.94. The number of aliphatic hydroxyl groups excluding tert-OH is 1. The van der Waals surface area contributed by atoms with Gasteiger partial charge in [-0.1, -0.05) is 0 Å². The van der Waals surface area contributed by atoms with Gasteiger partial charge in [0.15, 0.2) is 0 Å². The van der Waals surface area contributed by atoms with Gasteiger partial charge in [-0.2, -0.15) is 0 Å². The van der Waals surface area contributed by atoms with Gasteiger partial charge in [0, 0.05) is 39.3 Å². The molecule has 0 radical (unpaired) electrons. The summed E-state index contributed by atoms with van der Waals surface area (Å²) < 4.78 is 5.20. The van der Waals surface area contributed by atoms with Gasteiger partial charge < -0.3 is 20.1 Å². The first-order valence-electron chi connectivity index (χ1n) is 7.15. The van der Waals surface area contributed by atoms with Gasteiger partial charge in [0.2, 0.25) is 5.91 Å². The van der Waals surface area contributed by atoms with Crippen LogP contribution in [0.25, 0.3) is 0 Å². The lowest BCUT2D eigenvalue weighted by Gasteiger charge is -2.35. The number of carbonyl (C=O) groups excluding carboxylic acids is 2. The van der Waals surface area contributed by atoms with Crippen molar-refractivity contribution in [2.45, 2.75) is 38.7 Å². The predicted octanol–water partition coefficient (Wildman–Crippen LogP) is 0.149. The smallest absolute Gasteiger partial charge is 0.254 e. The second kappa shape index (κ2) is 7.59. The maximum atomic E-state index is 12.2. The highest BCUT2D eigenvalue weighted by Crippen LogP contribution is 2.21. The zero-order chi connectivity index (χ0) is 15.2. The molecule has 1 aliphatic rings. The highest BCUT2D eigenvalue weighted by Gasteiger charge is 2.35. The maximum Gasteiger partial charge on any atom is 0.254 e. The second-order valence-corrected chi connectivity index (χ2v) is 5.65. The second-order valence-electron chi connectivity index (χ2n) is 5.65. The van der Waals surface area contributed by atoms with Crippen LogP contribution in [0.1, 0.15) is 33.1 Å². The van der Waals surface area contributed by atoms with Crippen LogP contribution in [0.15, 0.2) is 0 Å². The number of nitrogens with zero attached hydrogens (tertiary/aromatic N) is 1. The summed E-state index contributed by atoms with van der Waals surface area (Å²) in [6.07, 6.45) is 1.93. The van der Waals surface area contributed by atoms with E-state index in [1.807, 2.05) is 0 Å². The molecule has 0 aromatic rings. The fraction of sp³-hybridized carbons (Fsp3) is 0.857. The first kappa shape index (κ1) is 16.9. The summed E-state index contributed by atoms with van der Waals surface area (Å²) in [7, 11) is 1.53. The number of likely N-dealkylation sites (tertiary alicyclic amines) is 1. The Kier molecular flexibility index (Phi) is 6.42. The average Bonchev–Trinajstić information content (AvgIpc) is 2.46. The molecule has 2 N–H and O–H groups in total. The van der Waals surface area contributed by atoms with Crippen LogP contribution in [0.5, 0.6) is 0 Å². The van der Waals surface area contributed by atoms with Gasteiger partial charge in [-0.05, 0) is 33.1 Å². The highest BCUT2D eigenvalue weighted by atomic mass is 16.5. The number of nitrogens with one attached hydrogen (secondary N) is 1. The molecule has 1 fully saturated rings. The molecular weight excluding hydrogens is 260 g/mol. The topological polar surface area (TPSA) is 78.9 Å². The van der Waals surface area contributed by atoms with Crippen LogP contribution >= 0.6 is 0 Å². The van der Waals surface area contributed by atoms with Gasteiger partial charge in [-0.3, -0.25) is 9.59 Å². The van der Waals surface area contributed by atoms with Crippen molar-refractivity contribution in [3.63, 3.8) is 0 Å². The Morgan fingerprint density at radius 2 is 1.95 bits per heavy atom. The first-order valence-corrected chi connectivity index (χ1v) is 7.15. The van der Waals surface area contributed by atoms with Crippen LogP contribution in [-0.2, 0) is 14.3 Å². The molecule has 0 aromatic heterocycles. The third-order valence-electron chi connectivity index (χ3n) is 3.81. The molecule has 0 unspecified atom stereocenters. The fourth-order valence-electron chi connectivity index (χ4n) is 2.25. The van der Waals surface area contributed by atoms with Crippen LogP contribution in [0.2, 0.25) is 0 Å². The Balaban J connectivity index is 2.40. The van der Waals surface area contributed by atoms with E-state index in [9.17, 15) is 9.59 Å². The van der Waals surface area contributed by atoms with Crippen LogP contribution in [0.4, 0.5) is 0 Å². The Morgan fingerprint density at radius 1 is 1.35 bits per heavy atom. The molecule has 1 heterocycles. The molecule has 1 aliphatic heterocycles. The minimum Gasteiger partial charge on any atom is -0.396 e. The number of methoxy groups -OCH3 is 1. The fourth-order valence-corrected chi connectivity index (χ4v) is 2.25. The molecular formula is C14H26N2O4. The van der Waals surface area contributed by atoms with E-state index in [0.717, 1.165) is 0 Å². The molecule has 6 nitrogen and oxygen atoms in total. The quantitative estimate of drug-likeness (QED) is 0.681. The lowest BCUT2D eigenvalue weighted by Crippen LogP contribution is -2.50. The van der Waals surface area contributed by atoms with Crippen molar-refractivity contribution >= 4 is 11.8 Å². The molecule has 116 valence electrons. The molecule has 20 heavy (non-hydrogen) atoms. The number of hydrogen-bond donors (Lipinski definition) is 2. The summed E-state index contributed by atoms with van der Waals surface area (Å²) in [6.45, 7) is 5.27. The molecule has 0 aliphatic carbocycles. The Labute approximate surface area is 120 Å². The number of ether oxygens (including phenoxy) is 1. The molecule has 0 saturated carbocycles. The number of carbonyl (C=O) groups is 2. The number of hydrogen-bond acceptors (Lipinski definition) is 4. The van der Waals surface area contributed by atoms with Gasteiger partial charge in [-0.15, -0.1) is 0 Å². The van der Waals surface area contributed by atoms with Gasteiger partial charge in [0.05, 0.1) is 0 Å². The lowest BCUT2D eigenvalue weighted by molar-refractivity contribution is -0.153. The summed E-state index contributed by atoms with van der Waals surface area (Å²) >= 11 is 0. The van der Waals surface area contributed by atoms with Gasteiger partial charge in [0.1, 0.15) is 5.60 Å². The Morgan fingerprint density at radius 3 is 2.45 bits per heavy atom. The Hall–Kier alpha value is -1.14. The van der Waals surface area contributed by atoms with Crippen LogP contribution in [-0.4, -0.2) is 60.8 Å². The van der Waals surface area contributed by atoms with Gasteiger partial charge >= 0.3 is 0 Å². The van der Waals surface area contributed by atoms with Crippen molar-refractivity contribution in [2.24, 2.45) is 5.92 Å². The molecule has 0 spiro atoms. The molecule has 0 aromatic carbocycles. The summed E-state index contributed by atoms with van der Waals surface area (Å²) in [5.74, 6) is -0.0425. The summed E-state index contributed by atoms with van der Waals surface area (Å²) in [5, 5.41) is 11.5. The van der Waals surface area contributed by atoms with Crippen molar-refractivity contribution in [2.75, 3.05) is 33.4 Å². The molecule has 1 rings (SSSR count). The third kappa shape index (κ3) is 4.45. The van der Waals surface area contributed by atoms with Crippen LogP contribution in [0, 0.1) is 5.92 Å².